The van der Waals surface area contributed by atoms with E-state index in [2.05, 4.69) is 21.3 Å². The number of carbonyl (C=O) groups is 6. The molecule has 0 fully saturated rings. The van der Waals surface area contributed by atoms with Gasteiger partial charge in [-0.15, -0.1) is 0 Å². The zero-order valence-electron chi connectivity index (χ0n) is 37.9. The molecule has 0 bridgehead atoms. The highest BCUT2D eigenvalue weighted by molar-refractivity contribution is 5.97. The molecule has 0 aromatic heterocycles. The second kappa shape index (κ2) is 23.3. The summed E-state index contributed by atoms with van der Waals surface area (Å²) in [6.07, 6.45) is 0.537. The third-order valence-electron chi connectivity index (χ3n) is 10.6. The maximum atomic E-state index is 14.5. The lowest BCUT2D eigenvalue weighted by Gasteiger charge is -2.41. The lowest BCUT2D eigenvalue weighted by molar-refractivity contribution is -0.155. The number of carbonyl (C=O) groups excluding carboxylic acids is 6. The van der Waals surface area contributed by atoms with Crippen molar-refractivity contribution >= 4 is 35.4 Å². The fourth-order valence-corrected chi connectivity index (χ4v) is 7.41. The molecule has 14 nitrogen and oxygen atoms in total. The van der Waals surface area contributed by atoms with Crippen molar-refractivity contribution < 1.29 is 33.5 Å². The first kappa shape index (κ1) is 50.8. The van der Waals surface area contributed by atoms with Gasteiger partial charge in [-0.3, -0.25) is 28.8 Å². The summed E-state index contributed by atoms with van der Waals surface area (Å²) >= 11 is 0. The zero-order valence-corrected chi connectivity index (χ0v) is 37.9. The second-order valence-corrected chi connectivity index (χ2v) is 17.2. The normalized spacial score (nSPS) is 14.9. The number of nitrogens with one attached hydrogen (secondary N) is 4. The first-order valence-corrected chi connectivity index (χ1v) is 20.4. The van der Waals surface area contributed by atoms with Crippen LogP contribution in [0.3, 0.4) is 0 Å². The Labute approximate surface area is 342 Å². The summed E-state index contributed by atoms with van der Waals surface area (Å²) in [7, 11) is 7.93. The Balaban J connectivity index is 3.32. The molecule has 1 aromatic rings. The summed E-state index contributed by atoms with van der Waals surface area (Å²) in [6, 6.07) is 2.41. The summed E-state index contributed by atoms with van der Waals surface area (Å²) in [5.74, 6) is -3.31. The first-order chi connectivity index (χ1) is 26.5. The number of methoxy groups -OCH3 is 1. The zero-order chi connectivity index (χ0) is 44.1. The number of amides is 6. The van der Waals surface area contributed by atoms with E-state index in [0.29, 0.717) is 13.0 Å². The Morgan fingerprint density at radius 2 is 0.965 bits per heavy atom. The molecule has 1 rings (SSSR count). The topological polar surface area (TPSA) is 169 Å². The van der Waals surface area contributed by atoms with Crippen LogP contribution in [-0.4, -0.2) is 128 Å². The van der Waals surface area contributed by atoms with Gasteiger partial charge < -0.3 is 40.7 Å². The molecule has 6 atom stereocenters. The molecule has 0 aliphatic heterocycles. The van der Waals surface area contributed by atoms with Crippen LogP contribution in [0.1, 0.15) is 88.6 Å². The van der Waals surface area contributed by atoms with Gasteiger partial charge in [0.2, 0.25) is 35.4 Å². The number of benzene rings is 1. The number of hydrogen-bond donors (Lipinski definition) is 4. The molecule has 0 aliphatic carbocycles. The van der Waals surface area contributed by atoms with Crippen molar-refractivity contribution in [1.82, 2.24) is 36.0 Å². The van der Waals surface area contributed by atoms with Crippen LogP contribution in [0.2, 0.25) is 0 Å². The minimum atomic E-state index is -0.983. The highest BCUT2D eigenvalue weighted by Crippen LogP contribution is 2.23. The van der Waals surface area contributed by atoms with Crippen molar-refractivity contribution in [3.8, 4) is 5.75 Å². The van der Waals surface area contributed by atoms with Crippen molar-refractivity contribution in [2.75, 3.05) is 41.8 Å². The number of nitrogens with zero attached hydrogens (tertiary/aromatic N) is 3. The number of likely N-dealkylation sites (N-methyl/N-ethyl adjacent to an activating group) is 4. The highest BCUT2D eigenvalue weighted by atomic mass is 16.5. The van der Waals surface area contributed by atoms with E-state index in [9.17, 15) is 28.8 Å². The van der Waals surface area contributed by atoms with Gasteiger partial charge in [-0.05, 0) is 60.6 Å². The van der Waals surface area contributed by atoms with Gasteiger partial charge in [0.05, 0.1) is 13.2 Å². The van der Waals surface area contributed by atoms with E-state index in [4.69, 9.17) is 4.74 Å². The van der Waals surface area contributed by atoms with Crippen LogP contribution < -0.4 is 26.0 Å². The van der Waals surface area contributed by atoms with Crippen LogP contribution in [0.15, 0.2) is 24.3 Å². The molecule has 14 heteroatoms. The lowest BCUT2D eigenvalue weighted by atomic mass is 9.94. The Morgan fingerprint density at radius 3 is 1.39 bits per heavy atom. The second-order valence-electron chi connectivity index (χ2n) is 17.2. The van der Waals surface area contributed by atoms with E-state index < -0.39 is 59.9 Å². The average Bonchev–Trinajstić information content (AvgIpc) is 3.11. The standard InChI is InChI=1S/C43H75N7O7/c1-24(2)32(44-13)39(52)47-34(26(5)6)41(54)49(15)36(28(9)10)43(56)50(16)37(29(11)12)42(55)48(14)35(27(7)8)40(53)46-33(25(3)4)38(51)45-23-22-30-20-18-19-21-31(30)57-17/h18-21,24-29,32-37,44H,22-23H2,1-17H3,(H,45,51)(H,46,53)(H,47,52)/t32-,33-,34-,35-,36-,37-/m0/s1. The van der Waals surface area contributed by atoms with Crippen LogP contribution in [0.5, 0.6) is 5.75 Å². The molecule has 1 aromatic carbocycles. The largest absolute Gasteiger partial charge is 0.496 e. The van der Waals surface area contributed by atoms with Crippen molar-refractivity contribution in [3.63, 3.8) is 0 Å². The number of rotatable bonds is 22. The van der Waals surface area contributed by atoms with Crippen molar-refractivity contribution in [2.45, 2.75) is 126 Å². The molecule has 0 radical (unpaired) electrons. The van der Waals surface area contributed by atoms with Gasteiger partial charge in [0.25, 0.3) is 0 Å². The molecular formula is C43H75N7O7. The van der Waals surface area contributed by atoms with Crippen LogP contribution in [0, 0.1) is 35.5 Å². The Morgan fingerprint density at radius 1 is 0.544 bits per heavy atom. The summed E-state index contributed by atoms with van der Waals surface area (Å²) in [5, 5.41) is 11.8. The molecular weight excluding hydrogens is 727 g/mol. The molecule has 0 unspecified atom stereocenters. The summed E-state index contributed by atoms with van der Waals surface area (Å²) in [6.45, 7) is 22.5. The predicted octanol–water partition coefficient (Wildman–Crippen LogP) is 3.33. The van der Waals surface area contributed by atoms with Crippen molar-refractivity contribution in [3.05, 3.63) is 29.8 Å². The van der Waals surface area contributed by atoms with Crippen LogP contribution in [0.4, 0.5) is 0 Å². The smallest absolute Gasteiger partial charge is 0.246 e. The van der Waals surface area contributed by atoms with E-state index in [-0.39, 0.29) is 47.3 Å². The van der Waals surface area contributed by atoms with Crippen LogP contribution in [-0.2, 0) is 35.2 Å². The maximum absolute atomic E-state index is 14.5. The van der Waals surface area contributed by atoms with Gasteiger partial charge in [0, 0.05) is 27.7 Å². The van der Waals surface area contributed by atoms with Crippen LogP contribution in [0.25, 0.3) is 0 Å². The fraction of sp³-hybridized carbons (Fsp3) is 0.721. The Bertz CT molecular complexity index is 1500. The van der Waals surface area contributed by atoms with Gasteiger partial charge in [0.1, 0.15) is 36.0 Å². The first-order valence-electron chi connectivity index (χ1n) is 20.4. The van der Waals surface area contributed by atoms with Gasteiger partial charge in [0.15, 0.2) is 0 Å². The summed E-state index contributed by atoms with van der Waals surface area (Å²) in [4.78, 5) is 87.7. The maximum Gasteiger partial charge on any atom is 0.246 e. The average molecular weight is 802 g/mol. The molecule has 0 spiro atoms. The third-order valence-corrected chi connectivity index (χ3v) is 10.6. The monoisotopic (exact) mass is 802 g/mol. The SMILES string of the molecule is CN[C@H](C(=O)N[C@H](C(=O)N(C)[C@H](C(=O)N(C)[C@H](C(=O)N(C)[C@H](C(=O)N[C@H](C(=O)NCCc1ccccc1OC)C(C)C)C(C)C)C(C)C)C(C)C)C(C)C)C(C)C. The number of hydrogen-bond acceptors (Lipinski definition) is 8. The van der Waals surface area contributed by atoms with E-state index in [1.165, 1.54) is 14.7 Å². The molecule has 57 heavy (non-hydrogen) atoms. The van der Waals surface area contributed by atoms with Crippen molar-refractivity contribution in [2.24, 2.45) is 35.5 Å². The van der Waals surface area contributed by atoms with Gasteiger partial charge in [-0.25, -0.2) is 0 Å². The minimum absolute atomic E-state index is 0.0175. The lowest BCUT2D eigenvalue weighted by Crippen LogP contribution is -2.63. The summed E-state index contributed by atoms with van der Waals surface area (Å²) < 4.78 is 5.42. The minimum Gasteiger partial charge on any atom is -0.496 e. The van der Waals surface area contributed by atoms with E-state index in [1.54, 1.807) is 35.3 Å². The third kappa shape index (κ3) is 13.7. The molecule has 324 valence electrons. The fourth-order valence-electron chi connectivity index (χ4n) is 7.41. The Hall–Kier alpha value is -4.20. The van der Waals surface area contributed by atoms with Gasteiger partial charge in [-0.1, -0.05) is 101 Å². The molecule has 0 heterocycles. The number of ether oxygens (including phenoxy) is 1. The van der Waals surface area contributed by atoms with Gasteiger partial charge >= 0.3 is 0 Å². The predicted molar refractivity (Wildman–Crippen MR) is 225 cm³/mol. The van der Waals surface area contributed by atoms with Crippen molar-refractivity contribution in [1.29, 1.82) is 0 Å². The number of para-hydroxylation sites is 1. The van der Waals surface area contributed by atoms with E-state index in [1.807, 2.05) is 107 Å². The Kier molecular flexibility index (Phi) is 20.7. The quantitative estimate of drug-likeness (QED) is 0.139. The molecule has 0 aliphatic rings. The molecule has 4 N–H and O–H groups in total. The van der Waals surface area contributed by atoms with E-state index in [0.717, 1.165) is 11.3 Å². The molecule has 6 amide bonds. The van der Waals surface area contributed by atoms with Crippen LogP contribution >= 0.6 is 0 Å². The van der Waals surface area contributed by atoms with E-state index >= 15 is 0 Å². The molecule has 0 saturated carbocycles. The highest BCUT2D eigenvalue weighted by Gasteiger charge is 2.43. The van der Waals surface area contributed by atoms with Gasteiger partial charge in [-0.2, -0.15) is 0 Å². The molecule has 0 saturated heterocycles. The summed E-state index contributed by atoms with van der Waals surface area (Å²) in [5.41, 5.74) is 0.944.